The van der Waals surface area contributed by atoms with Gasteiger partial charge in [-0.1, -0.05) is 0 Å². The average Bonchev–Trinajstić information content (AvgIpc) is 0. The Morgan fingerprint density at radius 3 is 0.714 bits per heavy atom. The van der Waals surface area contributed by atoms with Gasteiger partial charge in [-0.15, -0.1) is 0 Å². The molecule has 0 atom stereocenters. The molecule has 0 aromatic carbocycles. The van der Waals surface area contributed by atoms with Crippen LogP contribution >= 0.6 is 0 Å². The van der Waals surface area contributed by atoms with Crippen LogP contribution in [0.4, 0.5) is 0 Å². The van der Waals surface area contributed by atoms with Crippen LogP contribution in [-0.4, -0.2) is 91.0 Å². The van der Waals surface area contributed by atoms with E-state index in [1.807, 2.05) is 0 Å². The summed E-state index contributed by atoms with van der Waals surface area (Å²) < 4.78 is 0. The summed E-state index contributed by atoms with van der Waals surface area (Å²) in [6, 6.07) is 0. The minimum absolute atomic E-state index is 0. The maximum atomic E-state index is 0. The molecule has 0 bridgehead atoms. The van der Waals surface area contributed by atoms with Gasteiger partial charge in [-0.3, -0.25) is 0 Å². The van der Waals surface area contributed by atoms with E-state index >= 15 is 0 Å². The zero-order chi connectivity index (χ0) is 0. The minimum atomic E-state index is 0. The molecule has 0 unspecified atom stereocenters. The fraction of sp³-hybridized carbons (Fsp3) is 0. The molecule has 0 aromatic rings. The largest absolute Gasteiger partial charge is 2.00 e. The van der Waals surface area contributed by atoms with Crippen LogP contribution in [0.25, 0.3) is 0 Å². The Bertz CT molecular complexity index is 24.1. The van der Waals surface area contributed by atoms with E-state index in [-0.39, 0.29) is 218 Å². The van der Waals surface area contributed by atoms with Crippen molar-refractivity contribution in [2.24, 2.45) is 0 Å². The molecule has 0 nitrogen and oxygen atoms in total. The molecule has 0 aliphatic heterocycles. The summed E-state index contributed by atoms with van der Waals surface area (Å²) in [5.41, 5.74) is 0. The molecular weight excluding hydrogens is 627 g/mol. The topological polar surface area (TPSA) is 0 Å². The molecule has 0 aromatic heterocycles. The van der Waals surface area contributed by atoms with Gasteiger partial charge >= 0.3 is 91.0 Å². The summed E-state index contributed by atoms with van der Waals surface area (Å²) in [5, 5.41) is 0. The van der Waals surface area contributed by atoms with Crippen LogP contribution in [0.5, 0.6) is 0 Å². The first-order chi connectivity index (χ1) is 0. The Labute approximate surface area is 212 Å². The van der Waals surface area contributed by atoms with E-state index in [1.165, 1.54) is 0 Å². The SMILES string of the molecule is [Co].[Co].[Fe].[H-].[H-].[H-].[H-].[La].[La].[Sr+2].[Sr+2]. The Balaban J connectivity index is 0. The molecule has 0 spiro atoms. The van der Waals surface area contributed by atoms with Crippen molar-refractivity contribution in [2.45, 2.75) is 0 Å². The van der Waals surface area contributed by atoms with E-state index in [0.29, 0.717) is 0 Å². The van der Waals surface area contributed by atoms with Crippen LogP contribution in [0.2, 0.25) is 0 Å². The monoisotopic (exact) mass is 631 g/mol. The smallest absolute Gasteiger partial charge is 1.00 e. The first kappa shape index (κ1) is 48.6. The fourth-order valence-corrected chi connectivity index (χ4v) is 0. The molecule has 40 valence electrons. The molecular formula is H4Co2FeLa2Sr2. The van der Waals surface area contributed by atoms with Gasteiger partial charge in [0.25, 0.3) is 0 Å². The van der Waals surface area contributed by atoms with E-state index in [0.717, 1.165) is 0 Å². The second-order valence-corrected chi connectivity index (χ2v) is 0. The maximum absolute atomic E-state index is 0. The summed E-state index contributed by atoms with van der Waals surface area (Å²) >= 11 is 0. The van der Waals surface area contributed by atoms with Crippen molar-refractivity contribution in [3.63, 3.8) is 0 Å². The van der Waals surface area contributed by atoms with E-state index in [9.17, 15) is 0 Å². The van der Waals surface area contributed by atoms with Gasteiger partial charge < -0.3 is 5.71 Å². The van der Waals surface area contributed by atoms with Gasteiger partial charge in [0.15, 0.2) is 0 Å². The third kappa shape index (κ3) is 32.2. The van der Waals surface area contributed by atoms with Crippen LogP contribution in [0.1, 0.15) is 5.71 Å². The maximum Gasteiger partial charge on any atom is 2.00 e. The molecule has 7 heteroatoms. The van der Waals surface area contributed by atoms with Crippen LogP contribution in [-0.2, 0) is 50.6 Å². The van der Waals surface area contributed by atoms with Crippen molar-refractivity contribution in [1.82, 2.24) is 0 Å². The molecule has 0 saturated carbocycles. The van der Waals surface area contributed by atoms with Gasteiger partial charge in [-0.25, -0.2) is 0 Å². The van der Waals surface area contributed by atoms with Gasteiger partial charge in [0.1, 0.15) is 0 Å². The minimum Gasteiger partial charge on any atom is -1.00 e. The van der Waals surface area contributed by atoms with E-state index in [1.54, 1.807) is 0 Å². The molecule has 0 rings (SSSR count). The van der Waals surface area contributed by atoms with Gasteiger partial charge in [0, 0.05) is 122 Å². The number of hydrogen-bond acceptors (Lipinski definition) is 0. The summed E-state index contributed by atoms with van der Waals surface area (Å²) in [5.74, 6) is 0. The fourth-order valence-electron chi connectivity index (χ4n) is 0. The first-order valence-electron chi connectivity index (χ1n) is 0. The van der Waals surface area contributed by atoms with Crippen molar-refractivity contribution in [3.05, 3.63) is 0 Å². The van der Waals surface area contributed by atoms with Gasteiger partial charge in [-0.05, 0) is 0 Å². The zero-order valence-electron chi connectivity index (χ0n) is 7.59. The Morgan fingerprint density at radius 1 is 0.714 bits per heavy atom. The molecule has 0 amide bonds. The van der Waals surface area contributed by atoms with E-state index < -0.39 is 0 Å². The third-order valence-electron chi connectivity index (χ3n) is 0. The Morgan fingerprint density at radius 2 is 0.714 bits per heavy atom. The van der Waals surface area contributed by atoms with Crippen molar-refractivity contribution in [2.75, 3.05) is 0 Å². The van der Waals surface area contributed by atoms with Gasteiger partial charge in [0.05, 0.1) is 0 Å². The molecule has 7 heavy (non-hydrogen) atoms. The van der Waals surface area contributed by atoms with Crippen molar-refractivity contribution in [1.29, 1.82) is 0 Å². The molecule has 0 heterocycles. The van der Waals surface area contributed by atoms with Crippen LogP contribution in [0.15, 0.2) is 0 Å². The van der Waals surface area contributed by atoms with Crippen LogP contribution in [0, 0.1) is 71.2 Å². The Kier molecular flexibility index (Phi) is 267. The van der Waals surface area contributed by atoms with Crippen molar-refractivity contribution in [3.8, 4) is 0 Å². The number of rotatable bonds is 0. The summed E-state index contributed by atoms with van der Waals surface area (Å²) in [6.07, 6.45) is 0. The predicted molar refractivity (Wildman–Crippen MR) is 16.0 cm³/mol. The van der Waals surface area contributed by atoms with Crippen molar-refractivity contribution < 1.29 is 128 Å². The second kappa shape index (κ2) is 38.4. The molecule has 0 aliphatic rings. The molecule has 0 N–H and O–H groups in total. The zero-order valence-corrected chi connectivity index (χ0v) is 21.0. The van der Waals surface area contributed by atoms with Gasteiger partial charge in [0.2, 0.25) is 0 Å². The second-order valence-electron chi connectivity index (χ2n) is 0. The quantitative estimate of drug-likeness (QED) is 0.322. The molecule has 0 saturated heterocycles. The predicted octanol–water partition coefficient (Wildman–Crippen LogP) is -0.319. The molecule has 4 radical (unpaired) electrons. The average molecular weight is 631 g/mol. The van der Waals surface area contributed by atoms with Crippen molar-refractivity contribution >= 4 is 91.0 Å². The summed E-state index contributed by atoms with van der Waals surface area (Å²) in [6.45, 7) is 0. The van der Waals surface area contributed by atoms with E-state index in [2.05, 4.69) is 0 Å². The third-order valence-corrected chi connectivity index (χ3v) is 0. The molecule has 0 fully saturated rings. The Hall–Kier alpha value is 6.88. The van der Waals surface area contributed by atoms with E-state index in [4.69, 9.17) is 0 Å². The van der Waals surface area contributed by atoms with Crippen LogP contribution in [0.3, 0.4) is 0 Å². The number of hydrogen-bond donors (Lipinski definition) is 0. The molecule has 0 aliphatic carbocycles. The van der Waals surface area contributed by atoms with Gasteiger partial charge in [-0.2, -0.15) is 0 Å². The summed E-state index contributed by atoms with van der Waals surface area (Å²) in [4.78, 5) is 0. The standard InChI is InChI=1S/2Co.Fe.2La.2Sr.4H/q;;;;;2*+2;4*-1. The van der Waals surface area contributed by atoms with Crippen LogP contribution < -0.4 is 0 Å². The first-order valence-corrected chi connectivity index (χ1v) is 0. The normalized spacial score (nSPS) is 0. The summed E-state index contributed by atoms with van der Waals surface area (Å²) in [7, 11) is 0.